The predicted molar refractivity (Wildman–Crippen MR) is 265 cm³/mol. The lowest BCUT2D eigenvalue weighted by atomic mass is 9.88. The molecule has 0 aliphatic heterocycles. The predicted octanol–water partition coefficient (Wildman–Crippen LogP) is 13.1. The Hall–Kier alpha value is -7.39. The number of para-hydroxylation sites is 2. The molecule has 0 spiro atoms. The lowest BCUT2D eigenvalue weighted by molar-refractivity contribution is -0.571. The molecule has 4 nitrogen and oxygen atoms in total. The highest BCUT2D eigenvalue weighted by Gasteiger charge is 2.22. The minimum absolute atomic E-state index is 0.0691. The number of aromatic nitrogens is 4. The van der Waals surface area contributed by atoms with Gasteiger partial charge in [0.15, 0.2) is 0 Å². The highest BCUT2D eigenvalue weighted by atomic mass is 31.1. The van der Waals surface area contributed by atoms with Crippen LogP contribution in [0.1, 0.15) is 40.0 Å². The van der Waals surface area contributed by atoms with Crippen LogP contribution in [0.4, 0.5) is 0 Å². The van der Waals surface area contributed by atoms with Crippen LogP contribution in [0.3, 0.4) is 0 Å². The lowest BCUT2D eigenvalue weighted by Gasteiger charge is -2.20. The van der Waals surface area contributed by atoms with E-state index in [1.807, 2.05) is 71.4 Å². The summed E-state index contributed by atoms with van der Waals surface area (Å²) < 4.78 is 94.0. The molecular weight excluding hydrogens is 784 g/mol. The van der Waals surface area contributed by atoms with Gasteiger partial charge in [0.1, 0.15) is 5.82 Å². The van der Waals surface area contributed by atoms with Gasteiger partial charge in [-0.15, -0.1) is 0 Å². The molecule has 1 atom stereocenters. The van der Waals surface area contributed by atoms with Crippen molar-refractivity contribution in [1.82, 2.24) is 14.1 Å². The molecule has 5 heteroatoms. The summed E-state index contributed by atoms with van der Waals surface area (Å²) in [6.07, 6.45) is 5.45. The van der Waals surface area contributed by atoms with Gasteiger partial charge in [0.25, 0.3) is 6.33 Å². The van der Waals surface area contributed by atoms with Crippen molar-refractivity contribution in [2.45, 2.75) is 26.2 Å². The molecule has 0 amide bonds. The van der Waals surface area contributed by atoms with E-state index < -0.39 is 60.4 Å². The Kier molecular flexibility index (Phi) is 7.28. The van der Waals surface area contributed by atoms with Crippen LogP contribution in [0, 0.1) is 6.33 Å². The molecule has 0 radical (unpaired) electrons. The van der Waals surface area contributed by atoms with Gasteiger partial charge in [0, 0.05) is 17.0 Å². The molecule has 11 rings (SSSR count). The molecule has 0 fully saturated rings. The quantitative estimate of drug-likeness (QED) is 0.0851. The number of hydrogen-bond donors (Lipinski definition) is 0. The smallest absolute Gasteiger partial charge is 0.269 e. The van der Waals surface area contributed by atoms with Crippen LogP contribution in [-0.4, -0.2) is 14.1 Å². The number of imidazole rings is 1. The summed E-state index contributed by atoms with van der Waals surface area (Å²) in [6.45, 7) is 6.60. The number of pyridine rings is 1. The van der Waals surface area contributed by atoms with Crippen LogP contribution >= 0.6 is 8.58 Å². The van der Waals surface area contributed by atoms with Gasteiger partial charge < -0.3 is 0 Å². The molecule has 0 saturated heterocycles. The first-order valence-corrected chi connectivity index (χ1v) is 21.7. The topological polar surface area (TPSA) is 26.6 Å². The van der Waals surface area contributed by atoms with Crippen LogP contribution in [-0.2, 0) is 5.41 Å². The maximum atomic E-state index is 9.15. The van der Waals surface area contributed by atoms with Gasteiger partial charge in [0.2, 0.25) is 0 Å². The van der Waals surface area contributed by atoms with Crippen LogP contribution in [0.5, 0.6) is 0 Å². The van der Waals surface area contributed by atoms with Crippen molar-refractivity contribution in [2.75, 3.05) is 0 Å². The SMILES string of the molecule is [2H]c1c([2H])c([2H])c(-c2cccc(-c3c([2H])c([2H])c([2H])c([2H])c3[2H])c2-[n+]2[c-]n(-c3cccc(Pc4ccc5c6ccccc6n(-c6cc(C(C)(C)C)ccn6)c5c4)c3)c3ccc(-c4ccccc4)cc32)c([2H])c1[2H]. The van der Waals surface area contributed by atoms with Crippen LogP contribution in [0.25, 0.3) is 83.4 Å². The number of hydrogen-bond acceptors (Lipinski definition) is 1. The second-order valence-electron chi connectivity index (χ2n) is 16.5. The summed E-state index contributed by atoms with van der Waals surface area (Å²) in [4.78, 5) is 4.88. The third-order valence-electron chi connectivity index (χ3n) is 11.5. The summed E-state index contributed by atoms with van der Waals surface area (Å²) in [5.74, 6) is 0.850. The molecule has 1 unspecified atom stereocenters. The van der Waals surface area contributed by atoms with Gasteiger partial charge >= 0.3 is 0 Å². The molecule has 0 bridgehead atoms. The third-order valence-corrected chi connectivity index (χ3v) is 12.7. The van der Waals surface area contributed by atoms with Gasteiger partial charge in [-0.2, -0.15) is 0 Å². The first-order chi connectivity index (χ1) is 35.0. The molecule has 0 aliphatic carbocycles. The zero-order valence-corrected chi connectivity index (χ0v) is 35.7. The number of nitrogens with zero attached hydrogens (tertiary/aromatic N) is 4. The average molecular weight is 839 g/mol. The van der Waals surface area contributed by atoms with Crippen LogP contribution < -0.4 is 15.2 Å². The summed E-state index contributed by atoms with van der Waals surface area (Å²) in [7, 11) is 0.239. The zero-order valence-electron chi connectivity index (χ0n) is 44.7. The first kappa shape index (κ1) is 29.0. The van der Waals surface area contributed by atoms with Gasteiger partial charge in [0.05, 0.1) is 47.1 Å². The fourth-order valence-electron chi connectivity index (χ4n) is 8.43. The van der Waals surface area contributed by atoms with Gasteiger partial charge in [-0.25, -0.2) is 4.98 Å². The maximum Gasteiger partial charge on any atom is 0.269 e. The van der Waals surface area contributed by atoms with Crippen molar-refractivity contribution >= 4 is 52.0 Å². The van der Waals surface area contributed by atoms with Crippen molar-refractivity contribution in [3.05, 3.63) is 224 Å². The normalized spacial score (nSPS) is 14.2. The van der Waals surface area contributed by atoms with Gasteiger partial charge in [-0.1, -0.05) is 193 Å². The first-order valence-electron chi connectivity index (χ1n) is 25.7. The second-order valence-corrected chi connectivity index (χ2v) is 17.9. The van der Waals surface area contributed by atoms with Crippen molar-refractivity contribution in [1.29, 1.82) is 0 Å². The highest BCUT2D eigenvalue weighted by molar-refractivity contribution is 7.55. The number of fused-ring (bicyclic) bond motifs is 4. The van der Waals surface area contributed by atoms with Crippen molar-refractivity contribution < 1.29 is 18.3 Å². The van der Waals surface area contributed by atoms with E-state index in [-0.39, 0.29) is 41.9 Å². The van der Waals surface area contributed by atoms with E-state index in [4.69, 9.17) is 18.7 Å². The largest absolute Gasteiger partial charge is 0.294 e. The van der Waals surface area contributed by atoms with Crippen molar-refractivity contribution in [2.24, 2.45) is 0 Å². The van der Waals surface area contributed by atoms with Gasteiger partial charge in [-0.3, -0.25) is 13.7 Å². The monoisotopic (exact) mass is 838 g/mol. The van der Waals surface area contributed by atoms with E-state index in [1.54, 1.807) is 22.8 Å². The second kappa shape index (κ2) is 15.8. The third kappa shape index (κ3) is 7.13. The molecule has 63 heavy (non-hydrogen) atoms. The maximum absolute atomic E-state index is 9.15. The van der Waals surface area contributed by atoms with E-state index in [9.17, 15) is 0 Å². The summed E-state index contributed by atoms with van der Waals surface area (Å²) >= 11 is 0. The van der Waals surface area contributed by atoms with Crippen molar-refractivity contribution in [3.63, 3.8) is 0 Å². The lowest BCUT2D eigenvalue weighted by Crippen LogP contribution is -2.31. The van der Waals surface area contributed by atoms with E-state index in [1.165, 1.54) is 5.56 Å². The molecule has 3 aromatic heterocycles. The molecule has 11 aromatic rings. The fourth-order valence-corrected chi connectivity index (χ4v) is 9.53. The molecule has 3 heterocycles. The van der Waals surface area contributed by atoms with Gasteiger partial charge in [-0.05, 0) is 97.4 Å². The Morgan fingerprint density at radius 3 is 1.98 bits per heavy atom. The summed E-state index contributed by atoms with van der Waals surface area (Å²) in [5.41, 5.74) is 7.37. The number of rotatable bonds is 8. The van der Waals surface area contributed by atoms with E-state index in [0.717, 1.165) is 55.0 Å². The van der Waals surface area contributed by atoms with E-state index in [0.29, 0.717) is 11.0 Å². The Morgan fingerprint density at radius 1 is 0.556 bits per heavy atom. The molecular formula is C58H45N4P. The van der Waals surface area contributed by atoms with Crippen LogP contribution in [0.2, 0.25) is 0 Å². The minimum atomic E-state index is -0.559. The summed E-state index contributed by atoms with van der Waals surface area (Å²) in [6, 6.07) is 43.0. The summed E-state index contributed by atoms with van der Waals surface area (Å²) in [5, 5.41) is 4.41. The molecule has 8 aromatic carbocycles. The Morgan fingerprint density at radius 2 is 1.24 bits per heavy atom. The molecule has 0 aliphatic rings. The van der Waals surface area contributed by atoms with E-state index >= 15 is 0 Å². The molecule has 302 valence electrons. The Balaban J connectivity index is 1.13. The fraction of sp³-hybridized carbons (Fsp3) is 0.0690. The minimum Gasteiger partial charge on any atom is -0.294 e. The van der Waals surface area contributed by atoms with Crippen molar-refractivity contribution in [3.8, 4) is 50.6 Å². The zero-order chi connectivity index (χ0) is 51.2. The van der Waals surface area contributed by atoms with Crippen LogP contribution in [0.15, 0.2) is 212 Å². The standard InChI is InChI=1S/C58H45N4P/c1-58(2,3)44-33-34-59-56(36-44)62-52-28-14-13-25-50(52)51-31-30-47(38-54(51)62)63-46-24-15-23-45(37-46)60-39-61(55-35-43(29-32-53(55)60)40-17-7-4-8-18-40)57-48(41-19-9-5-10-20-41)26-16-27-49(57)42-21-11-6-12-22-42/h4-38,63H,1-3H3/i5D,6D,9D,10D,11D,12D,19D,20D,21D,22D. The molecule has 0 N–H and O–H groups in total. The number of benzene rings is 8. The van der Waals surface area contributed by atoms with E-state index in [2.05, 4.69) is 98.4 Å². The molecule has 0 saturated carbocycles. The Labute approximate surface area is 384 Å². The highest BCUT2D eigenvalue weighted by Crippen LogP contribution is 2.36. The Bertz CT molecular complexity index is 3920. The average Bonchev–Trinajstić information content (AvgIpc) is 3.94.